The zero-order valence-electron chi connectivity index (χ0n) is 11.4. The third-order valence-corrected chi connectivity index (χ3v) is 4.04. The molecule has 0 unspecified atom stereocenters. The summed E-state index contributed by atoms with van der Waals surface area (Å²) in [7, 11) is -3.21. The van der Waals surface area contributed by atoms with Crippen LogP contribution in [0, 0.1) is 0 Å². The first-order valence-corrected chi connectivity index (χ1v) is 8.11. The Morgan fingerprint density at radius 1 is 1.14 bits per heavy atom. The lowest BCUT2D eigenvalue weighted by Crippen LogP contribution is -2.22. The van der Waals surface area contributed by atoms with E-state index in [0.29, 0.717) is 5.56 Å². The van der Waals surface area contributed by atoms with Crippen LogP contribution in [-0.2, 0) is 16.4 Å². The SMILES string of the molecule is CS(=O)(=O)c1ccc(CNC(=O)c2cccc(O)c2)cc1. The minimum Gasteiger partial charge on any atom is -0.508 e. The van der Waals surface area contributed by atoms with E-state index in [1.165, 1.54) is 24.3 Å². The fraction of sp³-hybridized carbons (Fsp3) is 0.133. The maximum absolute atomic E-state index is 11.9. The van der Waals surface area contributed by atoms with Gasteiger partial charge in [-0.25, -0.2) is 8.42 Å². The van der Waals surface area contributed by atoms with Crippen molar-refractivity contribution in [2.45, 2.75) is 11.4 Å². The number of carbonyl (C=O) groups excluding carboxylic acids is 1. The molecule has 0 aliphatic rings. The summed E-state index contributed by atoms with van der Waals surface area (Å²) >= 11 is 0. The van der Waals surface area contributed by atoms with Crippen molar-refractivity contribution in [1.29, 1.82) is 0 Å². The Labute approximate surface area is 123 Å². The number of carbonyl (C=O) groups is 1. The molecule has 2 N–H and O–H groups in total. The highest BCUT2D eigenvalue weighted by Gasteiger charge is 2.08. The van der Waals surface area contributed by atoms with Gasteiger partial charge < -0.3 is 10.4 Å². The maximum Gasteiger partial charge on any atom is 0.251 e. The average Bonchev–Trinajstić information content (AvgIpc) is 2.44. The molecule has 0 aliphatic heterocycles. The molecule has 2 aromatic carbocycles. The summed E-state index contributed by atoms with van der Waals surface area (Å²) in [6.07, 6.45) is 1.14. The van der Waals surface area contributed by atoms with Gasteiger partial charge in [-0.15, -0.1) is 0 Å². The van der Waals surface area contributed by atoms with Gasteiger partial charge in [0.25, 0.3) is 5.91 Å². The summed E-state index contributed by atoms with van der Waals surface area (Å²) in [4.78, 5) is 12.1. The highest BCUT2D eigenvalue weighted by molar-refractivity contribution is 7.90. The normalized spacial score (nSPS) is 11.1. The number of benzene rings is 2. The molecule has 2 aromatic rings. The predicted octanol–water partition coefficient (Wildman–Crippen LogP) is 1.73. The van der Waals surface area contributed by atoms with E-state index in [1.807, 2.05) is 0 Å². The number of amides is 1. The lowest BCUT2D eigenvalue weighted by molar-refractivity contribution is 0.0950. The molecule has 0 bridgehead atoms. The summed E-state index contributed by atoms with van der Waals surface area (Å²) in [5.41, 5.74) is 1.15. The van der Waals surface area contributed by atoms with Crippen LogP contribution in [0.4, 0.5) is 0 Å². The average molecular weight is 305 g/mol. The Morgan fingerprint density at radius 2 is 1.81 bits per heavy atom. The molecule has 0 aromatic heterocycles. The Morgan fingerprint density at radius 3 is 2.38 bits per heavy atom. The molecule has 21 heavy (non-hydrogen) atoms. The summed E-state index contributed by atoms with van der Waals surface area (Å²) in [5.74, 6) is -0.279. The molecular weight excluding hydrogens is 290 g/mol. The number of nitrogens with one attached hydrogen (secondary N) is 1. The third-order valence-electron chi connectivity index (χ3n) is 2.91. The monoisotopic (exact) mass is 305 g/mol. The first-order chi connectivity index (χ1) is 9.86. The van der Waals surface area contributed by atoms with E-state index < -0.39 is 9.84 Å². The number of sulfone groups is 1. The fourth-order valence-electron chi connectivity index (χ4n) is 1.79. The van der Waals surface area contributed by atoms with Gasteiger partial charge in [-0.1, -0.05) is 18.2 Å². The molecule has 0 aliphatic carbocycles. The van der Waals surface area contributed by atoms with Crippen LogP contribution in [0.25, 0.3) is 0 Å². The lowest BCUT2D eigenvalue weighted by atomic mass is 10.2. The van der Waals surface area contributed by atoms with Gasteiger partial charge in [0, 0.05) is 18.4 Å². The predicted molar refractivity (Wildman–Crippen MR) is 78.8 cm³/mol. The van der Waals surface area contributed by atoms with Crippen molar-refractivity contribution < 1.29 is 18.3 Å². The third kappa shape index (κ3) is 4.06. The Hall–Kier alpha value is -2.34. The van der Waals surface area contributed by atoms with Crippen LogP contribution >= 0.6 is 0 Å². The minimum absolute atomic E-state index is 0.0279. The largest absolute Gasteiger partial charge is 0.508 e. The summed E-state index contributed by atoms with van der Waals surface area (Å²) in [6, 6.07) is 12.4. The van der Waals surface area contributed by atoms with Crippen molar-refractivity contribution >= 4 is 15.7 Å². The van der Waals surface area contributed by atoms with Crippen LogP contribution in [0.15, 0.2) is 53.4 Å². The van der Waals surface area contributed by atoms with Gasteiger partial charge in [0.05, 0.1) is 4.90 Å². The van der Waals surface area contributed by atoms with Crippen LogP contribution in [0.1, 0.15) is 15.9 Å². The van der Waals surface area contributed by atoms with Crippen LogP contribution in [-0.4, -0.2) is 25.7 Å². The number of phenolic OH excluding ortho intramolecular Hbond substituents is 1. The molecular formula is C15H15NO4S. The Balaban J connectivity index is 2.02. The molecule has 0 saturated carbocycles. The highest BCUT2D eigenvalue weighted by Crippen LogP contribution is 2.12. The van der Waals surface area contributed by atoms with Crippen LogP contribution < -0.4 is 5.32 Å². The molecule has 5 nitrogen and oxygen atoms in total. The standard InChI is InChI=1S/C15H15NO4S/c1-21(19,20)14-7-5-11(6-8-14)10-16-15(18)12-3-2-4-13(17)9-12/h2-9,17H,10H2,1H3,(H,16,18). The van der Waals surface area contributed by atoms with Crippen molar-refractivity contribution in [3.05, 3.63) is 59.7 Å². The van der Waals surface area contributed by atoms with Gasteiger partial charge in [0.1, 0.15) is 5.75 Å². The molecule has 0 saturated heterocycles. The van der Waals surface area contributed by atoms with E-state index in [4.69, 9.17) is 0 Å². The molecule has 0 atom stereocenters. The lowest BCUT2D eigenvalue weighted by Gasteiger charge is -2.06. The second-order valence-electron chi connectivity index (χ2n) is 4.65. The van der Waals surface area contributed by atoms with Gasteiger partial charge in [-0.05, 0) is 35.9 Å². The first-order valence-electron chi connectivity index (χ1n) is 6.22. The molecule has 110 valence electrons. The fourth-order valence-corrected chi connectivity index (χ4v) is 2.42. The number of rotatable bonds is 4. The van der Waals surface area contributed by atoms with Gasteiger partial charge in [-0.2, -0.15) is 0 Å². The summed E-state index contributed by atoms with van der Waals surface area (Å²) in [6.45, 7) is 0.276. The second kappa shape index (κ2) is 5.97. The highest BCUT2D eigenvalue weighted by atomic mass is 32.2. The van der Waals surface area contributed by atoms with E-state index in [-0.39, 0.29) is 23.1 Å². The topological polar surface area (TPSA) is 83.5 Å². The van der Waals surface area contributed by atoms with E-state index >= 15 is 0 Å². The van der Waals surface area contributed by atoms with E-state index in [9.17, 15) is 18.3 Å². The van der Waals surface area contributed by atoms with E-state index in [0.717, 1.165) is 11.8 Å². The van der Waals surface area contributed by atoms with Crippen molar-refractivity contribution in [1.82, 2.24) is 5.32 Å². The van der Waals surface area contributed by atoms with E-state index in [2.05, 4.69) is 5.32 Å². The quantitative estimate of drug-likeness (QED) is 0.901. The molecule has 0 heterocycles. The molecule has 0 radical (unpaired) electrons. The van der Waals surface area contributed by atoms with Crippen LogP contribution in [0.3, 0.4) is 0 Å². The first kappa shape index (κ1) is 15.1. The van der Waals surface area contributed by atoms with Gasteiger partial charge >= 0.3 is 0 Å². The zero-order chi connectivity index (χ0) is 15.5. The minimum atomic E-state index is -3.21. The van der Waals surface area contributed by atoms with Crippen LogP contribution in [0.5, 0.6) is 5.75 Å². The Kier molecular flexibility index (Phi) is 4.28. The number of hydrogen-bond acceptors (Lipinski definition) is 4. The molecule has 2 rings (SSSR count). The molecule has 6 heteroatoms. The van der Waals surface area contributed by atoms with Crippen molar-refractivity contribution in [3.63, 3.8) is 0 Å². The summed E-state index contributed by atoms with van der Waals surface area (Å²) < 4.78 is 22.7. The summed E-state index contributed by atoms with van der Waals surface area (Å²) in [5, 5.41) is 12.0. The van der Waals surface area contributed by atoms with Gasteiger partial charge in [0.15, 0.2) is 9.84 Å². The number of hydrogen-bond donors (Lipinski definition) is 2. The molecule has 1 amide bonds. The smallest absolute Gasteiger partial charge is 0.251 e. The van der Waals surface area contributed by atoms with Gasteiger partial charge in [-0.3, -0.25) is 4.79 Å². The molecule has 0 fully saturated rings. The Bertz CT molecular complexity index is 751. The van der Waals surface area contributed by atoms with Crippen LogP contribution in [0.2, 0.25) is 0 Å². The van der Waals surface area contributed by atoms with Crippen molar-refractivity contribution in [2.24, 2.45) is 0 Å². The molecule has 0 spiro atoms. The number of phenols is 1. The zero-order valence-corrected chi connectivity index (χ0v) is 12.2. The van der Waals surface area contributed by atoms with Gasteiger partial charge in [0.2, 0.25) is 0 Å². The second-order valence-corrected chi connectivity index (χ2v) is 6.66. The van der Waals surface area contributed by atoms with E-state index in [1.54, 1.807) is 24.3 Å². The van der Waals surface area contributed by atoms with Crippen molar-refractivity contribution in [2.75, 3.05) is 6.26 Å². The number of aromatic hydroxyl groups is 1. The van der Waals surface area contributed by atoms with Crippen molar-refractivity contribution in [3.8, 4) is 5.75 Å². The maximum atomic E-state index is 11.9.